The van der Waals surface area contributed by atoms with Crippen LogP contribution in [0.1, 0.15) is 23.3 Å². The molecule has 0 aliphatic carbocycles. The number of amides is 1. The van der Waals surface area contributed by atoms with Crippen LogP contribution in [-0.4, -0.2) is 48.9 Å². The molecule has 1 amide bonds. The quantitative estimate of drug-likeness (QED) is 0.570. The molecule has 1 aromatic carbocycles. The first-order valence-corrected chi connectivity index (χ1v) is 9.08. The summed E-state index contributed by atoms with van der Waals surface area (Å²) < 4.78 is 5.72. The lowest BCUT2D eigenvalue weighted by atomic mass is 10.2. The second-order valence-corrected chi connectivity index (χ2v) is 6.76. The highest BCUT2D eigenvalue weighted by Gasteiger charge is 2.21. The molecule has 2 N–H and O–H groups in total. The van der Waals surface area contributed by atoms with Crippen LogP contribution in [0, 0.1) is 0 Å². The molecule has 0 saturated carbocycles. The van der Waals surface area contributed by atoms with Crippen molar-refractivity contribution < 1.29 is 14.6 Å². The minimum atomic E-state index is -0.165. The average molecular weight is 375 g/mol. The number of fused-ring (bicyclic) bond motifs is 2. The van der Waals surface area contributed by atoms with Gasteiger partial charge in [-0.3, -0.25) is 9.78 Å². The van der Waals surface area contributed by atoms with Crippen LogP contribution in [0.25, 0.3) is 21.8 Å². The lowest BCUT2D eigenvalue weighted by Crippen LogP contribution is -2.27. The van der Waals surface area contributed by atoms with Gasteiger partial charge in [0.15, 0.2) is 0 Å². The number of aromatic amines is 1. The smallest absolute Gasteiger partial charge is 0.325 e. The molecule has 0 atom stereocenters. The van der Waals surface area contributed by atoms with Crippen LogP contribution in [0.5, 0.6) is 17.6 Å². The highest BCUT2D eigenvalue weighted by atomic mass is 16.5. The number of rotatable bonds is 3. The molecule has 8 heteroatoms. The number of nitrogens with one attached hydrogen (secondary N) is 1. The summed E-state index contributed by atoms with van der Waals surface area (Å²) in [6.45, 7) is 1.61. The van der Waals surface area contributed by atoms with E-state index in [2.05, 4.69) is 19.9 Å². The SMILES string of the molecule is O=C(c1cc2ccc(Oc3nc(O)c4ccncc4n3)cc2[nH]1)N1CCCC1. The van der Waals surface area contributed by atoms with Crippen molar-refractivity contribution >= 4 is 27.7 Å². The van der Waals surface area contributed by atoms with Gasteiger partial charge in [-0.15, -0.1) is 0 Å². The Morgan fingerprint density at radius 3 is 2.86 bits per heavy atom. The first kappa shape index (κ1) is 16.5. The van der Waals surface area contributed by atoms with Crippen molar-refractivity contribution in [3.8, 4) is 17.6 Å². The summed E-state index contributed by atoms with van der Waals surface area (Å²) in [5.74, 6) is 0.352. The lowest BCUT2D eigenvalue weighted by molar-refractivity contribution is 0.0788. The number of hydrogen-bond donors (Lipinski definition) is 2. The fourth-order valence-corrected chi connectivity index (χ4v) is 3.47. The van der Waals surface area contributed by atoms with Crippen LogP contribution in [-0.2, 0) is 0 Å². The molecule has 0 unspecified atom stereocenters. The van der Waals surface area contributed by atoms with E-state index >= 15 is 0 Å². The van der Waals surface area contributed by atoms with Gasteiger partial charge in [0.25, 0.3) is 5.91 Å². The zero-order valence-corrected chi connectivity index (χ0v) is 14.9. The van der Waals surface area contributed by atoms with Crippen LogP contribution >= 0.6 is 0 Å². The van der Waals surface area contributed by atoms with Gasteiger partial charge in [0.2, 0.25) is 5.88 Å². The maximum atomic E-state index is 12.6. The molecular weight excluding hydrogens is 358 g/mol. The topological polar surface area (TPSA) is 104 Å². The molecule has 140 valence electrons. The fraction of sp³-hybridized carbons (Fsp3) is 0.200. The molecule has 0 spiro atoms. The summed E-state index contributed by atoms with van der Waals surface area (Å²) in [6, 6.07) is 8.93. The predicted molar refractivity (Wildman–Crippen MR) is 103 cm³/mol. The van der Waals surface area contributed by atoms with Gasteiger partial charge in [0.05, 0.1) is 17.1 Å². The minimum absolute atomic E-state index is 0.0199. The van der Waals surface area contributed by atoms with E-state index in [1.165, 1.54) is 6.20 Å². The van der Waals surface area contributed by atoms with Gasteiger partial charge in [0, 0.05) is 36.3 Å². The van der Waals surface area contributed by atoms with Crippen LogP contribution in [0.2, 0.25) is 0 Å². The fourth-order valence-electron chi connectivity index (χ4n) is 3.47. The van der Waals surface area contributed by atoms with E-state index in [0.717, 1.165) is 36.8 Å². The van der Waals surface area contributed by atoms with E-state index in [-0.39, 0.29) is 17.8 Å². The zero-order chi connectivity index (χ0) is 19.1. The number of carbonyl (C=O) groups is 1. The van der Waals surface area contributed by atoms with Gasteiger partial charge in [-0.05, 0) is 37.1 Å². The molecule has 5 rings (SSSR count). The summed E-state index contributed by atoms with van der Waals surface area (Å²) >= 11 is 0. The van der Waals surface area contributed by atoms with Crippen molar-refractivity contribution in [3.63, 3.8) is 0 Å². The van der Waals surface area contributed by atoms with Crippen molar-refractivity contribution in [2.24, 2.45) is 0 Å². The number of benzene rings is 1. The normalized spacial score (nSPS) is 14.1. The number of nitrogens with zero attached hydrogens (tertiary/aromatic N) is 4. The number of aromatic hydroxyl groups is 1. The molecule has 1 fully saturated rings. The Morgan fingerprint density at radius 2 is 2.00 bits per heavy atom. The van der Waals surface area contributed by atoms with Gasteiger partial charge >= 0.3 is 6.01 Å². The Kier molecular flexibility index (Phi) is 3.82. The third kappa shape index (κ3) is 2.88. The van der Waals surface area contributed by atoms with Crippen LogP contribution in [0.3, 0.4) is 0 Å². The maximum Gasteiger partial charge on any atom is 0.325 e. The Labute approximate surface area is 159 Å². The Bertz CT molecular complexity index is 1200. The first-order chi connectivity index (χ1) is 13.7. The van der Waals surface area contributed by atoms with Gasteiger partial charge in [-0.1, -0.05) is 0 Å². The molecule has 4 heterocycles. The Balaban J connectivity index is 1.44. The summed E-state index contributed by atoms with van der Waals surface area (Å²) in [5, 5.41) is 11.5. The summed E-state index contributed by atoms with van der Waals surface area (Å²) in [5.41, 5.74) is 1.84. The summed E-state index contributed by atoms with van der Waals surface area (Å²) in [4.78, 5) is 29.8. The predicted octanol–water partition coefficient (Wildman–Crippen LogP) is 3.24. The summed E-state index contributed by atoms with van der Waals surface area (Å²) in [7, 11) is 0. The Morgan fingerprint density at radius 1 is 1.14 bits per heavy atom. The van der Waals surface area contributed by atoms with Crippen LogP contribution in [0.15, 0.2) is 42.7 Å². The standard InChI is InChI=1S/C20H17N5O3/c26-18-14-5-6-21-11-17(14)23-20(24-18)28-13-4-3-12-9-16(22-15(12)10-13)19(27)25-7-1-2-8-25/h3-6,9-11,22H,1-2,7-8H2,(H,23,24,26). The third-order valence-corrected chi connectivity index (χ3v) is 4.89. The van der Waals surface area contributed by atoms with E-state index < -0.39 is 0 Å². The number of H-pyrrole nitrogens is 1. The summed E-state index contributed by atoms with van der Waals surface area (Å²) in [6.07, 6.45) is 5.20. The van der Waals surface area contributed by atoms with E-state index in [9.17, 15) is 9.90 Å². The van der Waals surface area contributed by atoms with E-state index in [0.29, 0.717) is 22.3 Å². The molecule has 4 aromatic rings. The third-order valence-electron chi connectivity index (χ3n) is 4.89. The molecule has 0 radical (unpaired) electrons. The van der Waals surface area contributed by atoms with E-state index in [4.69, 9.17) is 4.74 Å². The second-order valence-electron chi connectivity index (χ2n) is 6.76. The van der Waals surface area contributed by atoms with Crippen molar-refractivity contribution in [2.45, 2.75) is 12.8 Å². The number of pyridine rings is 1. The molecule has 1 aliphatic rings. The van der Waals surface area contributed by atoms with Crippen molar-refractivity contribution in [2.75, 3.05) is 13.1 Å². The Hall–Kier alpha value is -3.68. The van der Waals surface area contributed by atoms with E-state index in [1.54, 1.807) is 24.4 Å². The number of aromatic nitrogens is 4. The second kappa shape index (κ2) is 6.49. The first-order valence-electron chi connectivity index (χ1n) is 9.08. The largest absolute Gasteiger partial charge is 0.493 e. The number of hydrogen-bond acceptors (Lipinski definition) is 6. The van der Waals surface area contributed by atoms with Crippen LogP contribution in [0.4, 0.5) is 0 Å². The maximum absolute atomic E-state index is 12.6. The monoisotopic (exact) mass is 375 g/mol. The van der Waals surface area contributed by atoms with Crippen LogP contribution < -0.4 is 4.74 Å². The number of ether oxygens (including phenoxy) is 1. The van der Waals surface area contributed by atoms with Gasteiger partial charge in [0.1, 0.15) is 11.4 Å². The highest BCUT2D eigenvalue weighted by molar-refractivity contribution is 5.98. The zero-order valence-electron chi connectivity index (χ0n) is 14.9. The molecule has 1 saturated heterocycles. The van der Waals surface area contributed by atoms with Gasteiger partial charge in [-0.25, -0.2) is 0 Å². The molecule has 3 aromatic heterocycles. The van der Waals surface area contributed by atoms with Crippen molar-refractivity contribution in [1.82, 2.24) is 24.8 Å². The van der Waals surface area contributed by atoms with Gasteiger partial charge in [-0.2, -0.15) is 9.97 Å². The number of likely N-dealkylation sites (tertiary alicyclic amines) is 1. The highest BCUT2D eigenvalue weighted by Crippen LogP contribution is 2.28. The van der Waals surface area contributed by atoms with Gasteiger partial charge < -0.3 is 19.7 Å². The molecule has 1 aliphatic heterocycles. The van der Waals surface area contributed by atoms with Crippen molar-refractivity contribution in [3.05, 3.63) is 48.4 Å². The van der Waals surface area contributed by atoms with E-state index in [1.807, 2.05) is 17.0 Å². The van der Waals surface area contributed by atoms with Crippen molar-refractivity contribution in [1.29, 1.82) is 0 Å². The molecular formula is C20H17N5O3. The average Bonchev–Trinajstić information content (AvgIpc) is 3.37. The number of carbonyl (C=O) groups excluding carboxylic acids is 1. The lowest BCUT2D eigenvalue weighted by Gasteiger charge is -2.13. The molecule has 0 bridgehead atoms. The minimum Gasteiger partial charge on any atom is -0.493 e. The molecule has 8 nitrogen and oxygen atoms in total. The molecule has 28 heavy (non-hydrogen) atoms.